The second-order valence-electron chi connectivity index (χ2n) is 5.78. The van der Waals surface area contributed by atoms with E-state index in [1.807, 2.05) is 6.92 Å². The van der Waals surface area contributed by atoms with Gasteiger partial charge in [-0.05, 0) is 56.3 Å². The van der Waals surface area contributed by atoms with Crippen LogP contribution in [0.2, 0.25) is 0 Å². The predicted molar refractivity (Wildman–Crippen MR) is 75.3 cm³/mol. The molecule has 0 saturated heterocycles. The lowest BCUT2D eigenvalue weighted by molar-refractivity contribution is 0.131. The fraction of sp³-hybridized carbons (Fsp3) is 0.625. The highest BCUT2D eigenvalue weighted by Crippen LogP contribution is 2.29. The number of hydrogen-bond acceptors (Lipinski definition) is 2. The van der Waals surface area contributed by atoms with Gasteiger partial charge in [0.1, 0.15) is 11.6 Å². The Labute approximate surface area is 119 Å². The summed E-state index contributed by atoms with van der Waals surface area (Å²) in [5.41, 5.74) is 0.362. The van der Waals surface area contributed by atoms with E-state index in [2.05, 4.69) is 5.32 Å². The standard InChI is InChI=1S/C16H23F2NO/c1-11(15-8-14(17)6-7-16(15)18)19-9-12-4-2-3-5-13(12)10-20/h6-8,11-13,19-20H,2-5,9-10H2,1H3. The van der Waals surface area contributed by atoms with Crippen LogP contribution in [0, 0.1) is 23.5 Å². The average Bonchev–Trinajstić information content (AvgIpc) is 2.47. The predicted octanol–water partition coefficient (Wildman–Crippen LogP) is 3.41. The molecular weight excluding hydrogens is 260 g/mol. The molecule has 1 aromatic rings. The fourth-order valence-corrected chi connectivity index (χ4v) is 3.08. The first-order valence-corrected chi connectivity index (χ1v) is 7.41. The number of aliphatic hydroxyl groups is 1. The van der Waals surface area contributed by atoms with Crippen molar-refractivity contribution in [3.05, 3.63) is 35.4 Å². The SMILES string of the molecule is CC(NCC1CCCCC1CO)c1cc(F)ccc1F. The molecule has 0 amide bonds. The van der Waals surface area contributed by atoms with Gasteiger partial charge in [0.05, 0.1) is 0 Å². The second kappa shape index (κ2) is 7.14. The molecule has 0 spiro atoms. The van der Waals surface area contributed by atoms with Crippen LogP contribution >= 0.6 is 0 Å². The third kappa shape index (κ3) is 3.76. The van der Waals surface area contributed by atoms with Crippen LogP contribution < -0.4 is 5.32 Å². The normalized spacial score (nSPS) is 24.6. The maximum atomic E-state index is 13.7. The largest absolute Gasteiger partial charge is 0.396 e. The molecule has 0 aromatic heterocycles. The van der Waals surface area contributed by atoms with Crippen LogP contribution in [-0.4, -0.2) is 18.3 Å². The first-order valence-electron chi connectivity index (χ1n) is 7.41. The topological polar surface area (TPSA) is 32.3 Å². The van der Waals surface area contributed by atoms with Crippen LogP contribution in [-0.2, 0) is 0 Å². The Hall–Kier alpha value is -1.00. The number of rotatable bonds is 5. The first kappa shape index (κ1) is 15.4. The van der Waals surface area contributed by atoms with Gasteiger partial charge in [0.2, 0.25) is 0 Å². The van der Waals surface area contributed by atoms with Crippen molar-refractivity contribution < 1.29 is 13.9 Å². The Morgan fingerprint density at radius 1 is 1.25 bits per heavy atom. The summed E-state index contributed by atoms with van der Waals surface area (Å²) in [5.74, 6) is -0.0386. The summed E-state index contributed by atoms with van der Waals surface area (Å²) in [5, 5.41) is 12.7. The number of benzene rings is 1. The fourth-order valence-electron chi connectivity index (χ4n) is 3.08. The van der Waals surface area contributed by atoms with Crippen molar-refractivity contribution in [1.82, 2.24) is 5.32 Å². The molecule has 2 nitrogen and oxygen atoms in total. The smallest absolute Gasteiger partial charge is 0.128 e. The Balaban J connectivity index is 1.94. The maximum absolute atomic E-state index is 13.7. The van der Waals surface area contributed by atoms with Crippen molar-refractivity contribution in [3.63, 3.8) is 0 Å². The van der Waals surface area contributed by atoms with E-state index in [0.29, 0.717) is 17.4 Å². The Morgan fingerprint density at radius 3 is 2.65 bits per heavy atom. The summed E-state index contributed by atoms with van der Waals surface area (Å²) < 4.78 is 26.9. The minimum Gasteiger partial charge on any atom is -0.396 e. The van der Waals surface area contributed by atoms with Gasteiger partial charge in [-0.3, -0.25) is 0 Å². The molecule has 112 valence electrons. The second-order valence-corrected chi connectivity index (χ2v) is 5.78. The van der Waals surface area contributed by atoms with Crippen molar-refractivity contribution >= 4 is 0 Å². The van der Waals surface area contributed by atoms with Crippen LogP contribution in [0.25, 0.3) is 0 Å². The maximum Gasteiger partial charge on any atom is 0.128 e. The third-order valence-corrected chi connectivity index (χ3v) is 4.41. The molecule has 3 atom stereocenters. The summed E-state index contributed by atoms with van der Waals surface area (Å²) >= 11 is 0. The van der Waals surface area contributed by atoms with Crippen LogP contribution in [0.3, 0.4) is 0 Å². The van der Waals surface area contributed by atoms with Gasteiger partial charge in [0, 0.05) is 18.2 Å². The molecule has 0 bridgehead atoms. The zero-order chi connectivity index (χ0) is 14.5. The minimum atomic E-state index is -0.416. The van der Waals surface area contributed by atoms with Crippen molar-refractivity contribution in [2.24, 2.45) is 11.8 Å². The van der Waals surface area contributed by atoms with E-state index in [1.165, 1.54) is 25.0 Å². The highest BCUT2D eigenvalue weighted by Gasteiger charge is 2.25. The summed E-state index contributed by atoms with van der Waals surface area (Å²) in [4.78, 5) is 0. The first-order chi connectivity index (χ1) is 9.61. The molecule has 2 N–H and O–H groups in total. The van der Waals surface area contributed by atoms with Crippen molar-refractivity contribution in [2.75, 3.05) is 13.2 Å². The van der Waals surface area contributed by atoms with Gasteiger partial charge >= 0.3 is 0 Å². The molecule has 3 unspecified atom stereocenters. The van der Waals surface area contributed by atoms with E-state index in [-0.39, 0.29) is 18.5 Å². The number of halogens is 2. The van der Waals surface area contributed by atoms with Gasteiger partial charge in [-0.2, -0.15) is 0 Å². The molecule has 1 aliphatic carbocycles. The molecule has 4 heteroatoms. The van der Waals surface area contributed by atoms with Crippen LogP contribution in [0.1, 0.15) is 44.2 Å². The summed E-state index contributed by atoms with van der Waals surface area (Å²) in [6.45, 7) is 2.80. The van der Waals surface area contributed by atoms with E-state index in [1.54, 1.807) is 0 Å². The Kier molecular flexibility index (Phi) is 5.49. The van der Waals surface area contributed by atoms with Crippen molar-refractivity contribution in [1.29, 1.82) is 0 Å². The molecular formula is C16H23F2NO. The zero-order valence-electron chi connectivity index (χ0n) is 11.9. The lowest BCUT2D eigenvalue weighted by atomic mass is 9.79. The van der Waals surface area contributed by atoms with Gasteiger partial charge in [-0.1, -0.05) is 12.8 Å². The summed E-state index contributed by atoms with van der Waals surface area (Å²) in [6.07, 6.45) is 4.52. The molecule has 1 fully saturated rings. The Bertz CT molecular complexity index is 438. The van der Waals surface area contributed by atoms with E-state index in [9.17, 15) is 13.9 Å². The lowest BCUT2D eigenvalue weighted by Gasteiger charge is -2.31. The van der Waals surface area contributed by atoms with Gasteiger partial charge < -0.3 is 10.4 Å². The molecule has 0 heterocycles. The van der Waals surface area contributed by atoms with E-state index < -0.39 is 5.82 Å². The highest BCUT2D eigenvalue weighted by molar-refractivity contribution is 5.21. The number of hydrogen-bond donors (Lipinski definition) is 2. The van der Waals surface area contributed by atoms with Crippen molar-refractivity contribution in [2.45, 2.75) is 38.6 Å². The monoisotopic (exact) mass is 283 g/mol. The minimum absolute atomic E-state index is 0.217. The molecule has 0 aliphatic heterocycles. The molecule has 1 saturated carbocycles. The van der Waals surface area contributed by atoms with Gasteiger partial charge in [-0.15, -0.1) is 0 Å². The quantitative estimate of drug-likeness (QED) is 0.868. The van der Waals surface area contributed by atoms with Crippen LogP contribution in [0.4, 0.5) is 8.78 Å². The summed E-state index contributed by atoms with van der Waals surface area (Å²) in [6, 6.07) is 3.32. The van der Waals surface area contributed by atoms with Crippen molar-refractivity contribution in [3.8, 4) is 0 Å². The van der Waals surface area contributed by atoms with Gasteiger partial charge in [0.25, 0.3) is 0 Å². The van der Waals surface area contributed by atoms with Gasteiger partial charge in [0.15, 0.2) is 0 Å². The molecule has 1 aromatic carbocycles. The summed E-state index contributed by atoms with van der Waals surface area (Å²) in [7, 11) is 0. The molecule has 2 rings (SSSR count). The number of aliphatic hydroxyl groups excluding tert-OH is 1. The lowest BCUT2D eigenvalue weighted by Crippen LogP contribution is -2.33. The average molecular weight is 283 g/mol. The van der Waals surface area contributed by atoms with Gasteiger partial charge in [-0.25, -0.2) is 8.78 Å². The van der Waals surface area contributed by atoms with Crippen LogP contribution in [0.15, 0.2) is 18.2 Å². The molecule has 1 aliphatic rings. The number of nitrogens with one attached hydrogen (secondary N) is 1. The molecule has 0 radical (unpaired) electrons. The van der Waals surface area contributed by atoms with E-state index in [4.69, 9.17) is 0 Å². The third-order valence-electron chi connectivity index (χ3n) is 4.41. The zero-order valence-corrected chi connectivity index (χ0v) is 11.9. The highest BCUT2D eigenvalue weighted by atomic mass is 19.1. The van der Waals surface area contributed by atoms with Crippen LogP contribution in [0.5, 0.6) is 0 Å². The molecule has 20 heavy (non-hydrogen) atoms. The van der Waals surface area contributed by atoms with E-state index in [0.717, 1.165) is 25.5 Å². The van der Waals surface area contributed by atoms with E-state index >= 15 is 0 Å². The Morgan fingerprint density at radius 2 is 1.95 bits per heavy atom.